The van der Waals surface area contributed by atoms with Crippen LogP contribution >= 0.6 is 0 Å². The molecule has 0 spiro atoms. The second-order valence-corrected chi connectivity index (χ2v) is 4.97. The molecule has 4 rings (SSSR count). The molecule has 0 fully saturated rings. The number of aromatic nitrogens is 5. The zero-order valence-electron chi connectivity index (χ0n) is 12.2. The first-order valence-electron chi connectivity index (χ1n) is 7.26. The fourth-order valence-corrected chi connectivity index (χ4v) is 2.45. The van der Waals surface area contributed by atoms with Crippen molar-refractivity contribution in [2.45, 2.75) is 0 Å². The molecular weight excluding hydrogens is 286 g/mol. The summed E-state index contributed by atoms with van der Waals surface area (Å²) in [7, 11) is 0. The highest BCUT2D eigenvalue weighted by Gasteiger charge is 2.17. The van der Waals surface area contributed by atoms with Crippen molar-refractivity contribution in [3.05, 3.63) is 79.3 Å². The first kappa shape index (κ1) is 13.3. The van der Waals surface area contributed by atoms with Gasteiger partial charge in [-0.05, 0) is 36.4 Å². The minimum atomic E-state index is 0.712. The normalized spacial score (nSPS) is 10.6. The number of pyridine rings is 2. The van der Waals surface area contributed by atoms with Crippen LogP contribution in [-0.4, -0.2) is 24.7 Å². The molecule has 1 aromatic carbocycles. The summed E-state index contributed by atoms with van der Waals surface area (Å²) in [6.45, 7) is 0. The zero-order chi connectivity index (χ0) is 15.5. The van der Waals surface area contributed by atoms with E-state index in [-0.39, 0.29) is 0 Å². The van der Waals surface area contributed by atoms with Crippen molar-refractivity contribution < 1.29 is 0 Å². The van der Waals surface area contributed by atoms with Crippen molar-refractivity contribution in [1.82, 2.24) is 24.7 Å². The quantitative estimate of drug-likeness (QED) is 0.582. The summed E-state index contributed by atoms with van der Waals surface area (Å²) in [6.07, 6.45) is 5.25. The number of hydrogen-bond donors (Lipinski definition) is 0. The summed E-state index contributed by atoms with van der Waals surface area (Å²) < 4.78 is 2.01. The lowest BCUT2D eigenvalue weighted by Gasteiger charge is -2.10. The molecule has 0 aliphatic carbocycles. The van der Waals surface area contributed by atoms with Crippen LogP contribution in [0.2, 0.25) is 0 Å². The highest BCUT2D eigenvalue weighted by atomic mass is 15.3. The molecule has 0 bridgehead atoms. The van der Waals surface area contributed by atoms with Crippen LogP contribution in [-0.2, 0) is 0 Å². The SMILES string of the molecule is c1ccc(-n2c(-c3ccncc3)nnc2-c2ccccn2)cc1. The molecule has 0 N–H and O–H groups in total. The largest absolute Gasteiger partial charge is 0.274 e. The molecule has 0 saturated carbocycles. The van der Waals surface area contributed by atoms with E-state index < -0.39 is 0 Å². The Bertz CT molecular complexity index is 845. The Labute approximate surface area is 133 Å². The monoisotopic (exact) mass is 299 g/mol. The Morgan fingerprint density at radius 2 is 1.39 bits per heavy atom. The van der Waals surface area contributed by atoms with Crippen LogP contribution in [0.3, 0.4) is 0 Å². The highest BCUT2D eigenvalue weighted by Crippen LogP contribution is 2.26. The van der Waals surface area contributed by atoms with Gasteiger partial charge in [0.05, 0.1) is 0 Å². The Balaban J connectivity index is 1.97. The average molecular weight is 299 g/mol. The Hall–Kier alpha value is -3.34. The van der Waals surface area contributed by atoms with Crippen molar-refractivity contribution >= 4 is 0 Å². The van der Waals surface area contributed by atoms with Gasteiger partial charge in [-0.25, -0.2) is 0 Å². The van der Waals surface area contributed by atoms with Gasteiger partial charge in [-0.1, -0.05) is 24.3 Å². The number of nitrogens with zero attached hydrogens (tertiary/aromatic N) is 5. The van der Waals surface area contributed by atoms with Crippen molar-refractivity contribution in [3.63, 3.8) is 0 Å². The molecule has 0 atom stereocenters. The lowest BCUT2D eigenvalue weighted by molar-refractivity contribution is 1.05. The minimum Gasteiger partial charge on any atom is -0.274 e. The summed E-state index contributed by atoms with van der Waals surface area (Å²) in [5, 5.41) is 8.75. The topological polar surface area (TPSA) is 56.5 Å². The predicted octanol–water partition coefficient (Wildman–Crippen LogP) is 3.39. The molecule has 5 heteroatoms. The van der Waals surface area contributed by atoms with Crippen molar-refractivity contribution in [1.29, 1.82) is 0 Å². The summed E-state index contributed by atoms with van der Waals surface area (Å²) in [5.74, 6) is 1.47. The van der Waals surface area contributed by atoms with Crippen LogP contribution in [0.4, 0.5) is 0 Å². The third-order valence-corrected chi connectivity index (χ3v) is 3.51. The van der Waals surface area contributed by atoms with Crippen molar-refractivity contribution in [2.75, 3.05) is 0 Å². The summed E-state index contributed by atoms with van der Waals surface area (Å²) in [5.41, 5.74) is 2.73. The number of hydrogen-bond acceptors (Lipinski definition) is 4. The molecule has 4 aromatic rings. The Morgan fingerprint density at radius 1 is 0.652 bits per heavy atom. The van der Waals surface area contributed by atoms with E-state index in [1.54, 1.807) is 18.6 Å². The van der Waals surface area contributed by atoms with Crippen LogP contribution in [0.15, 0.2) is 79.3 Å². The molecule has 0 amide bonds. The molecule has 0 unspecified atom stereocenters. The third kappa shape index (κ3) is 2.48. The number of para-hydroxylation sites is 1. The number of benzene rings is 1. The van der Waals surface area contributed by atoms with E-state index in [0.717, 1.165) is 22.8 Å². The molecule has 3 aromatic heterocycles. The van der Waals surface area contributed by atoms with Crippen LogP contribution in [0.1, 0.15) is 0 Å². The van der Waals surface area contributed by atoms with Gasteiger partial charge in [0.2, 0.25) is 0 Å². The average Bonchev–Trinajstić information content (AvgIpc) is 3.09. The van der Waals surface area contributed by atoms with E-state index >= 15 is 0 Å². The standard InChI is InChI=1S/C18H13N5/c1-2-6-15(7-3-1)23-17(14-9-12-19-13-10-14)21-22-18(23)16-8-4-5-11-20-16/h1-13H. The maximum Gasteiger partial charge on any atom is 0.187 e. The van der Waals surface area contributed by atoms with Gasteiger partial charge in [0.25, 0.3) is 0 Å². The fraction of sp³-hybridized carbons (Fsp3) is 0. The van der Waals surface area contributed by atoms with Gasteiger partial charge < -0.3 is 0 Å². The van der Waals surface area contributed by atoms with E-state index in [9.17, 15) is 0 Å². The van der Waals surface area contributed by atoms with Gasteiger partial charge >= 0.3 is 0 Å². The lowest BCUT2D eigenvalue weighted by Crippen LogP contribution is -2.01. The van der Waals surface area contributed by atoms with Gasteiger partial charge in [-0.15, -0.1) is 10.2 Å². The maximum absolute atomic E-state index is 4.41. The fourth-order valence-electron chi connectivity index (χ4n) is 2.45. The Kier molecular flexibility index (Phi) is 3.37. The molecular formula is C18H13N5. The van der Waals surface area contributed by atoms with E-state index in [4.69, 9.17) is 0 Å². The van der Waals surface area contributed by atoms with Crippen LogP contribution in [0.5, 0.6) is 0 Å². The van der Waals surface area contributed by atoms with Gasteiger partial charge in [-0.2, -0.15) is 0 Å². The molecule has 0 saturated heterocycles. The van der Waals surface area contributed by atoms with Crippen LogP contribution in [0, 0.1) is 0 Å². The smallest absolute Gasteiger partial charge is 0.187 e. The second kappa shape index (κ2) is 5.81. The van der Waals surface area contributed by atoms with Crippen LogP contribution in [0.25, 0.3) is 28.6 Å². The second-order valence-electron chi connectivity index (χ2n) is 4.97. The minimum absolute atomic E-state index is 0.712. The van der Waals surface area contributed by atoms with Gasteiger partial charge in [0, 0.05) is 29.8 Å². The molecule has 0 radical (unpaired) electrons. The van der Waals surface area contributed by atoms with Crippen molar-refractivity contribution in [2.24, 2.45) is 0 Å². The predicted molar refractivity (Wildman–Crippen MR) is 87.8 cm³/mol. The summed E-state index contributed by atoms with van der Waals surface area (Å²) in [6, 6.07) is 19.6. The third-order valence-electron chi connectivity index (χ3n) is 3.51. The number of rotatable bonds is 3. The molecule has 23 heavy (non-hydrogen) atoms. The molecule has 110 valence electrons. The van der Waals surface area contributed by atoms with Crippen molar-refractivity contribution in [3.8, 4) is 28.6 Å². The van der Waals surface area contributed by atoms with Crippen LogP contribution < -0.4 is 0 Å². The summed E-state index contributed by atoms with van der Waals surface area (Å²) in [4.78, 5) is 8.47. The van der Waals surface area contributed by atoms with E-state index in [1.807, 2.05) is 65.2 Å². The van der Waals surface area contributed by atoms with Gasteiger partial charge in [0.15, 0.2) is 11.6 Å². The first-order valence-corrected chi connectivity index (χ1v) is 7.26. The van der Waals surface area contributed by atoms with E-state index in [0.29, 0.717) is 5.82 Å². The Morgan fingerprint density at radius 3 is 2.13 bits per heavy atom. The molecule has 5 nitrogen and oxygen atoms in total. The zero-order valence-corrected chi connectivity index (χ0v) is 12.2. The first-order chi connectivity index (χ1) is 11.4. The molecule has 3 heterocycles. The highest BCUT2D eigenvalue weighted by molar-refractivity contribution is 5.64. The van der Waals surface area contributed by atoms with E-state index in [2.05, 4.69) is 20.2 Å². The van der Waals surface area contributed by atoms with Gasteiger partial charge in [-0.3, -0.25) is 14.5 Å². The van der Waals surface area contributed by atoms with E-state index in [1.165, 1.54) is 0 Å². The summed E-state index contributed by atoms with van der Waals surface area (Å²) >= 11 is 0. The maximum atomic E-state index is 4.41. The molecule has 0 aliphatic rings. The lowest BCUT2D eigenvalue weighted by atomic mass is 10.2. The molecule has 0 aliphatic heterocycles. The van der Waals surface area contributed by atoms with Gasteiger partial charge in [0.1, 0.15) is 5.69 Å².